The number of carbonyl (C=O) groups excluding carboxylic acids is 2. The second-order valence-electron chi connectivity index (χ2n) is 4.23. The molecule has 0 aliphatic heterocycles. The van der Waals surface area contributed by atoms with Crippen LogP contribution in [0.4, 0.5) is 5.69 Å². The molecule has 1 aromatic rings. The molecule has 0 bridgehead atoms. The minimum absolute atomic E-state index is 0.0137. The zero-order valence-electron chi connectivity index (χ0n) is 12.1. The van der Waals surface area contributed by atoms with Crippen molar-refractivity contribution >= 4 is 17.5 Å². The summed E-state index contributed by atoms with van der Waals surface area (Å²) in [6, 6.07) is 4.89. The number of hydrogen-bond donors (Lipinski definition) is 2. The second-order valence-corrected chi connectivity index (χ2v) is 4.23. The summed E-state index contributed by atoms with van der Waals surface area (Å²) < 4.78 is 5.09. The predicted octanol–water partition coefficient (Wildman–Crippen LogP) is 0.876. The molecule has 0 saturated heterocycles. The third-order valence-electron chi connectivity index (χ3n) is 2.87. The van der Waals surface area contributed by atoms with E-state index in [4.69, 9.17) is 10.5 Å². The molecule has 0 radical (unpaired) electrons. The van der Waals surface area contributed by atoms with Crippen LogP contribution in [0.15, 0.2) is 18.2 Å². The molecule has 0 aliphatic carbocycles. The van der Waals surface area contributed by atoms with Crippen molar-refractivity contribution in [3.05, 3.63) is 23.8 Å². The van der Waals surface area contributed by atoms with Crippen LogP contribution in [-0.2, 0) is 4.79 Å². The number of benzene rings is 1. The number of carbonyl (C=O) groups is 2. The number of nitrogens with two attached hydrogens (primary N) is 1. The SMILES string of the molecule is CCNC(=O)CN(CC)C(=O)c1cc(OC)ccc1N. The molecule has 0 spiro atoms. The van der Waals surface area contributed by atoms with E-state index in [1.54, 1.807) is 18.2 Å². The molecular weight excluding hydrogens is 258 g/mol. The first-order valence-corrected chi connectivity index (χ1v) is 6.52. The number of methoxy groups -OCH3 is 1. The number of nitrogens with one attached hydrogen (secondary N) is 1. The van der Waals surface area contributed by atoms with Gasteiger partial charge in [-0.25, -0.2) is 0 Å². The predicted molar refractivity (Wildman–Crippen MR) is 77.7 cm³/mol. The summed E-state index contributed by atoms with van der Waals surface area (Å²) in [5.74, 6) is 0.0796. The second kappa shape index (κ2) is 7.37. The minimum atomic E-state index is -0.282. The number of amides is 2. The highest BCUT2D eigenvalue weighted by atomic mass is 16.5. The normalized spacial score (nSPS) is 9.95. The van der Waals surface area contributed by atoms with Crippen molar-refractivity contribution in [3.8, 4) is 5.75 Å². The van der Waals surface area contributed by atoms with Crippen molar-refractivity contribution in [2.45, 2.75) is 13.8 Å². The first-order valence-electron chi connectivity index (χ1n) is 6.52. The lowest BCUT2D eigenvalue weighted by molar-refractivity contribution is -0.121. The van der Waals surface area contributed by atoms with E-state index in [0.29, 0.717) is 30.1 Å². The zero-order chi connectivity index (χ0) is 15.1. The topological polar surface area (TPSA) is 84.7 Å². The lowest BCUT2D eigenvalue weighted by Crippen LogP contribution is -2.40. The average molecular weight is 279 g/mol. The third kappa shape index (κ3) is 3.88. The van der Waals surface area contributed by atoms with Crippen molar-refractivity contribution < 1.29 is 14.3 Å². The fourth-order valence-corrected chi connectivity index (χ4v) is 1.77. The molecule has 0 aliphatic rings. The largest absolute Gasteiger partial charge is 0.497 e. The Hall–Kier alpha value is -2.24. The van der Waals surface area contributed by atoms with E-state index >= 15 is 0 Å². The van der Waals surface area contributed by atoms with E-state index < -0.39 is 0 Å². The summed E-state index contributed by atoms with van der Waals surface area (Å²) in [6.07, 6.45) is 0. The highest BCUT2D eigenvalue weighted by Gasteiger charge is 2.19. The van der Waals surface area contributed by atoms with E-state index in [0.717, 1.165) is 0 Å². The monoisotopic (exact) mass is 279 g/mol. The molecule has 0 heterocycles. The van der Waals surface area contributed by atoms with Crippen LogP contribution in [0.25, 0.3) is 0 Å². The van der Waals surface area contributed by atoms with Crippen molar-refractivity contribution in [1.29, 1.82) is 0 Å². The molecule has 0 fully saturated rings. The summed E-state index contributed by atoms with van der Waals surface area (Å²) in [5, 5.41) is 2.67. The Morgan fingerprint density at radius 1 is 1.35 bits per heavy atom. The fraction of sp³-hybridized carbons (Fsp3) is 0.429. The number of ether oxygens (including phenoxy) is 1. The van der Waals surface area contributed by atoms with Crippen molar-refractivity contribution in [2.24, 2.45) is 0 Å². The molecule has 0 saturated carbocycles. The Morgan fingerprint density at radius 2 is 2.05 bits per heavy atom. The van der Waals surface area contributed by atoms with Crippen LogP contribution in [0, 0.1) is 0 Å². The molecule has 110 valence electrons. The van der Waals surface area contributed by atoms with Gasteiger partial charge < -0.3 is 20.7 Å². The highest BCUT2D eigenvalue weighted by molar-refractivity contribution is 6.01. The van der Waals surface area contributed by atoms with Gasteiger partial charge in [0.2, 0.25) is 5.91 Å². The van der Waals surface area contributed by atoms with Crippen LogP contribution in [0.2, 0.25) is 0 Å². The van der Waals surface area contributed by atoms with Gasteiger partial charge in [0.25, 0.3) is 5.91 Å². The van der Waals surface area contributed by atoms with Gasteiger partial charge in [0.15, 0.2) is 0 Å². The van der Waals surface area contributed by atoms with Gasteiger partial charge in [-0.3, -0.25) is 9.59 Å². The van der Waals surface area contributed by atoms with Crippen LogP contribution in [0.1, 0.15) is 24.2 Å². The maximum atomic E-state index is 12.4. The lowest BCUT2D eigenvalue weighted by atomic mass is 10.1. The van der Waals surface area contributed by atoms with Gasteiger partial charge in [-0.2, -0.15) is 0 Å². The number of likely N-dealkylation sites (N-methyl/N-ethyl adjacent to an activating group) is 2. The molecule has 6 nitrogen and oxygen atoms in total. The molecule has 0 aromatic heterocycles. The van der Waals surface area contributed by atoms with Crippen LogP contribution in [0.3, 0.4) is 0 Å². The van der Waals surface area contributed by atoms with E-state index in [9.17, 15) is 9.59 Å². The Balaban J connectivity index is 2.93. The summed E-state index contributed by atoms with van der Waals surface area (Å²) in [7, 11) is 1.52. The van der Waals surface area contributed by atoms with Gasteiger partial charge in [-0.1, -0.05) is 0 Å². The van der Waals surface area contributed by atoms with Gasteiger partial charge in [-0.05, 0) is 32.0 Å². The maximum Gasteiger partial charge on any atom is 0.256 e. The molecule has 0 unspecified atom stereocenters. The van der Waals surface area contributed by atoms with Gasteiger partial charge >= 0.3 is 0 Å². The number of nitrogens with zero attached hydrogens (tertiary/aromatic N) is 1. The summed E-state index contributed by atoms with van der Waals surface area (Å²) in [6.45, 7) is 4.61. The molecule has 3 N–H and O–H groups in total. The van der Waals surface area contributed by atoms with E-state index in [2.05, 4.69) is 5.32 Å². The molecular formula is C14H21N3O3. The zero-order valence-corrected chi connectivity index (χ0v) is 12.1. The first-order chi connectivity index (χ1) is 9.53. The number of anilines is 1. The Bertz CT molecular complexity index is 489. The summed E-state index contributed by atoms with van der Waals surface area (Å²) in [4.78, 5) is 25.5. The van der Waals surface area contributed by atoms with Crippen molar-refractivity contribution in [3.63, 3.8) is 0 Å². The van der Waals surface area contributed by atoms with Crippen LogP contribution in [0.5, 0.6) is 5.75 Å². The van der Waals surface area contributed by atoms with Crippen LogP contribution >= 0.6 is 0 Å². The van der Waals surface area contributed by atoms with Crippen molar-refractivity contribution in [2.75, 3.05) is 32.5 Å². The third-order valence-corrected chi connectivity index (χ3v) is 2.87. The molecule has 1 rings (SSSR count). The molecule has 6 heteroatoms. The Kier molecular flexibility index (Phi) is 5.83. The van der Waals surface area contributed by atoms with Gasteiger partial charge in [0, 0.05) is 18.8 Å². The fourth-order valence-electron chi connectivity index (χ4n) is 1.77. The number of hydrogen-bond acceptors (Lipinski definition) is 4. The van der Waals surface area contributed by atoms with Gasteiger partial charge in [-0.15, -0.1) is 0 Å². The van der Waals surface area contributed by atoms with Crippen molar-refractivity contribution in [1.82, 2.24) is 10.2 Å². The highest BCUT2D eigenvalue weighted by Crippen LogP contribution is 2.21. The minimum Gasteiger partial charge on any atom is -0.497 e. The van der Waals surface area contributed by atoms with E-state index in [1.807, 2.05) is 13.8 Å². The smallest absolute Gasteiger partial charge is 0.256 e. The van der Waals surface area contributed by atoms with Gasteiger partial charge in [0.1, 0.15) is 5.75 Å². The molecule has 0 atom stereocenters. The molecule has 1 aromatic carbocycles. The first kappa shape index (κ1) is 15.8. The number of nitrogen functional groups attached to an aromatic ring is 1. The summed E-state index contributed by atoms with van der Waals surface area (Å²) >= 11 is 0. The standard InChI is InChI=1S/C14H21N3O3/c1-4-16-13(18)9-17(5-2)14(19)11-8-10(20-3)6-7-12(11)15/h6-8H,4-5,9,15H2,1-3H3,(H,16,18). The maximum absolute atomic E-state index is 12.4. The van der Waals surface area contributed by atoms with Crippen LogP contribution in [-0.4, -0.2) is 43.5 Å². The average Bonchev–Trinajstić information content (AvgIpc) is 2.45. The Labute approximate surface area is 118 Å². The quantitative estimate of drug-likeness (QED) is 0.757. The lowest BCUT2D eigenvalue weighted by Gasteiger charge is -2.21. The Morgan fingerprint density at radius 3 is 2.60 bits per heavy atom. The molecule has 2 amide bonds. The van der Waals surface area contributed by atoms with Gasteiger partial charge in [0.05, 0.1) is 19.2 Å². The number of rotatable bonds is 6. The van der Waals surface area contributed by atoms with E-state index in [-0.39, 0.29) is 18.4 Å². The molecule has 20 heavy (non-hydrogen) atoms. The van der Waals surface area contributed by atoms with Crippen LogP contribution < -0.4 is 15.8 Å². The van der Waals surface area contributed by atoms with E-state index in [1.165, 1.54) is 12.0 Å². The summed E-state index contributed by atoms with van der Waals surface area (Å²) in [5.41, 5.74) is 6.53.